The molecular weight excluding hydrogens is 340 g/mol. The first-order valence-electron chi connectivity index (χ1n) is 8.63. The van der Waals surface area contributed by atoms with Crippen molar-refractivity contribution in [3.05, 3.63) is 105 Å². The molecule has 0 fully saturated rings. The zero-order valence-electron chi connectivity index (χ0n) is 15.3. The summed E-state index contributed by atoms with van der Waals surface area (Å²) in [6.07, 6.45) is 0. The normalized spacial score (nSPS) is 10.4. The average Bonchev–Trinajstić information content (AvgIpc) is 2.67. The highest BCUT2D eigenvalue weighted by Gasteiger charge is 2.20. The molecule has 0 N–H and O–H groups in total. The molecule has 0 heterocycles. The van der Waals surface area contributed by atoms with Crippen molar-refractivity contribution in [1.29, 1.82) is 0 Å². The minimum absolute atomic E-state index is 0.0332. The van der Waals surface area contributed by atoms with E-state index in [0.29, 0.717) is 12.1 Å². The molecular formula is C22H20N2O3. The summed E-state index contributed by atoms with van der Waals surface area (Å²) in [6, 6.07) is 21.5. The van der Waals surface area contributed by atoms with Gasteiger partial charge in [0.1, 0.15) is 0 Å². The van der Waals surface area contributed by atoms with Gasteiger partial charge in [0, 0.05) is 23.4 Å². The van der Waals surface area contributed by atoms with Gasteiger partial charge in [-0.1, -0.05) is 48.0 Å². The van der Waals surface area contributed by atoms with Crippen LogP contribution >= 0.6 is 0 Å². The third kappa shape index (κ3) is 4.20. The molecule has 1 amide bonds. The number of rotatable bonds is 5. The van der Waals surface area contributed by atoms with Crippen LogP contribution in [0, 0.1) is 24.0 Å². The van der Waals surface area contributed by atoms with Gasteiger partial charge in [-0.15, -0.1) is 0 Å². The summed E-state index contributed by atoms with van der Waals surface area (Å²) in [5.74, 6) is -0.102. The molecule has 3 aromatic rings. The second-order valence-corrected chi connectivity index (χ2v) is 6.47. The van der Waals surface area contributed by atoms with E-state index in [-0.39, 0.29) is 11.6 Å². The lowest BCUT2D eigenvalue weighted by molar-refractivity contribution is -0.384. The van der Waals surface area contributed by atoms with E-state index in [1.807, 2.05) is 62.4 Å². The van der Waals surface area contributed by atoms with Gasteiger partial charge >= 0.3 is 0 Å². The molecule has 5 heteroatoms. The smallest absolute Gasteiger partial charge is 0.269 e. The Kier molecular flexibility index (Phi) is 5.31. The van der Waals surface area contributed by atoms with Crippen molar-refractivity contribution in [2.24, 2.45) is 0 Å². The maximum absolute atomic E-state index is 13.2. The SMILES string of the molecule is Cc1ccc(N(Cc2ccc([N+](=O)[O-])cc2)C(=O)c2ccccc2C)cc1. The second-order valence-electron chi connectivity index (χ2n) is 6.47. The van der Waals surface area contributed by atoms with Gasteiger partial charge in [-0.25, -0.2) is 0 Å². The van der Waals surface area contributed by atoms with Crippen molar-refractivity contribution in [2.45, 2.75) is 20.4 Å². The van der Waals surface area contributed by atoms with Crippen LogP contribution in [0.4, 0.5) is 11.4 Å². The van der Waals surface area contributed by atoms with Crippen LogP contribution in [-0.4, -0.2) is 10.8 Å². The predicted molar refractivity (Wildman–Crippen MR) is 106 cm³/mol. The number of hydrogen-bond donors (Lipinski definition) is 0. The van der Waals surface area contributed by atoms with Crippen molar-refractivity contribution in [1.82, 2.24) is 0 Å². The average molecular weight is 360 g/mol. The van der Waals surface area contributed by atoms with Gasteiger partial charge in [-0.2, -0.15) is 0 Å². The molecule has 0 spiro atoms. The van der Waals surface area contributed by atoms with E-state index in [0.717, 1.165) is 22.4 Å². The number of hydrogen-bond acceptors (Lipinski definition) is 3. The molecule has 0 aliphatic carbocycles. The Balaban J connectivity index is 1.97. The Morgan fingerprint density at radius 2 is 1.56 bits per heavy atom. The molecule has 0 bridgehead atoms. The number of nitro benzene ring substituents is 1. The zero-order chi connectivity index (χ0) is 19.4. The van der Waals surface area contributed by atoms with Crippen molar-refractivity contribution >= 4 is 17.3 Å². The van der Waals surface area contributed by atoms with E-state index < -0.39 is 4.92 Å². The summed E-state index contributed by atoms with van der Waals surface area (Å²) in [7, 11) is 0. The highest BCUT2D eigenvalue weighted by Crippen LogP contribution is 2.23. The monoisotopic (exact) mass is 360 g/mol. The number of carbonyl (C=O) groups is 1. The van der Waals surface area contributed by atoms with E-state index in [1.165, 1.54) is 12.1 Å². The molecule has 27 heavy (non-hydrogen) atoms. The molecule has 0 aliphatic rings. The molecule has 0 aliphatic heterocycles. The highest BCUT2D eigenvalue weighted by atomic mass is 16.6. The lowest BCUT2D eigenvalue weighted by Gasteiger charge is -2.24. The van der Waals surface area contributed by atoms with Crippen molar-refractivity contribution in [3.8, 4) is 0 Å². The van der Waals surface area contributed by atoms with E-state index >= 15 is 0 Å². The molecule has 5 nitrogen and oxygen atoms in total. The third-order valence-electron chi connectivity index (χ3n) is 4.45. The number of carbonyl (C=O) groups excluding carboxylic acids is 1. The molecule has 0 atom stereocenters. The Bertz CT molecular complexity index is 964. The summed E-state index contributed by atoms with van der Waals surface area (Å²) in [6.45, 7) is 4.23. The van der Waals surface area contributed by atoms with Gasteiger partial charge < -0.3 is 4.90 Å². The number of amides is 1. The second kappa shape index (κ2) is 7.83. The Morgan fingerprint density at radius 1 is 0.926 bits per heavy atom. The van der Waals surface area contributed by atoms with E-state index in [4.69, 9.17) is 0 Å². The molecule has 3 rings (SSSR count). The van der Waals surface area contributed by atoms with E-state index in [1.54, 1.807) is 17.0 Å². The fourth-order valence-electron chi connectivity index (χ4n) is 2.87. The van der Waals surface area contributed by atoms with Crippen LogP contribution in [0.1, 0.15) is 27.0 Å². The molecule has 0 radical (unpaired) electrons. The van der Waals surface area contributed by atoms with Crippen molar-refractivity contribution in [2.75, 3.05) is 4.90 Å². The van der Waals surface area contributed by atoms with Crippen molar-refractivity contribution < 1.29 is 9.72 Å². The fraction of sp³-hybridized carbons (Fsp3) is 0.136. The number of aryl methyl sites for hydroxylation is 2. The van der Waals surface area contributed by atoms with Gasteiger partial charge in [-0.3, -0.25) is 14.9 Å². The van der Waals surface area contributed by atoms with Gasteiger partial charge in [-0.05, 0) is 43.2 Å². The molecule has 136 valence electrons. The zero-order valence-corrected chi connectivity index (χ0v) is 15.3. The summed E-state index contributed by atoms with van der Waals surface area (Å²) in [5, 5.41) is 10.9. The van der Waals surface area contributed by atoms with Crippen molar-refractivity contribution in [3.63, 3.8) is 0 Å². The van der Waals surface area contributed by atoms with Crippen LogP contribution in [0.5, 0.6) is 0 Å². The summed E-state index contributed by atoms with van der Waals surface area (Å²) in [5.41, 5.74) is 4.29. The van der Waals surface area contributed by atoms with Crippen LogP contribution in [0.25, 0.3) is 0 Å². The number of benzene rings is 3. The standard InChI is InChI=1S/C22H20N2O3/c1-16-7-11-19(12-8-16)23(22(25)21-6-4-3-5-17(21)2)15-18-9-13-20(14-10-18)24(26)27/h3-14H,15H2,1-2H3. The molecule has 0 unspecified atom stereocenters. The topological polar surface area (TPSA) is 63.4 Å². The van der Waals surface area contributed by atoms with Crippen LogP contribution in [0.2, 0.25) is 0 Å². The lowest BCUT2D eigenvalue weighted by atomic mass is 10.1. The van der Waals surface area contributed by atoms with Crippen LogP contribution < -0.4 is 4.90 Å². The number of anilines is 1. The minimum Gasteiger partial charge on any atom is -0.304 e. The first-order valence-corrected chi connectivity index (χ1v) is 8.63. The predicted octanol–water partition coefficient (Wildman–Crippen LogP) is 5.06. The quantitative estimate of drug-likeness (QED) is 0.472. The van der Waals surface area contributed by atoms with Crippen LogP contribution in [0.15, 0.2) is 72.8 Å². The van der Waals surface area contributed by atoms with Gasteiger partial charge in [0.15, 0.2) is 0 Å². The lowest BCUT2D eigenvalue weighted by Crippen LogP contribution is -2.31. The summed E-state index contributed by atoms with van der Waals surface area (Å²) < 4.78 is 0. The van der Waals surface area contributed by atoms with E-state index in [9.17, 15) is 14.9 Å². The van der Waals surface area contributed by atoms with Crippen LogP contribution in [-0.2, 0) is 6.54 Å². The first kappa shape index (κ1) is 18.3. The highest BCUT2D eigenvalue weighted by molar-refractivity contribution is 6.06. The summed E-state index contributed by atoms with van der Waals surface area (Å²) in [4.78, 5) is 25.4. The maximum Gasteiger partial charge on any atom is 0.269 e. The summed E-state index contributed by atoms with van der Waals surface area (Å²) >= 11 is 0. The number of non-ortho nitro benzene ring substituents is 1. The Morgan fingerprint density at radius 3 is 2.15 bits per heavy atom. The molecule has 3 aromatic carbocycles. The van der Waals surface area contributed by atoms with Gasteiger partial charge in [0.2, 0.25) is 0 Å². The maximum atomic E-state index is 13.2. The number of nitrogens with zero attached hydrogens (tertiary/aromatic N) is 2. The number of nitro groups is 1. The molecule has 0 aromatic heterocycles. The molecule has 0 saturated carbocycles. The first-order chi connectivity index (χ1) is 13.0. The van der Waals surface area contributed by atoms with E-state index in [2.05, 4.69) is 0 Å². The van der Waals surface area contributed by atoms with Gasteiger partial charge in [0.05, 0.1) is 11.5 Å². The van der Waals surface area contributed by atoms with Gasteiger partial charge in [0.25, 0.3) is 11.6 Å². The third-order valence-corrected chi connectivity index (χ3v) is 4.45. The fourth-order valence-corrected chi connectivity index (χ4v) is 2.87. The largest absolute Gasteiger partial charge is 0.304 e. The minimum atomic E-state index is -0.431. The van der Waals surface area contributed by atoms with Crippen LogP contribution in [0.3, 0.4) is 0 Å². The Labute approximate surface area is 158 Å². The Hall–Kier alpha value is -3.47. The molecule has 0 saturated heterocycles.